The van der Waals surface area contributed by atoms with Gasteiger partial charge < -0.3 is 0 Å². The van der Waals surface area contributed by atoms with Crippen LogP contribution >= 0.6 is 0 Å². The van der Waals surface area contributed by atoms with Crippen LogP contribution in [0.2, 0.25) is 0 Å². The maximum Gasteiger partial charge on any atom is -0.00105 e. The molecule has 0 saturated carbocycles. The Kier molecular flexibility index (Phi) is 4.10. The predicted molar refractivity (Wildman–Crippen MR) is 113 cm³/mol. The van der Waals surface area contributed by atoms with Crippen molar-refractivity contribution in [3.8, 4) is 11.1 Å². The molecule has 0 spiro atoms. The highest BCUT2D eigenvalue weighted by Crippen LogP contribution is 2.40. The molecule has 1 aliphatic carbocycles. The summed E-state index contributed by atoms with van der Waals surface area (Å²) in [6.45, 7) is 0. The minimum absolute atomic E-state index is 0.993. The lowest BCUT2D eigenvalue weighted by Gasteiger charge is -2.16. The molecule has 0 aliphatic heterocycles. The lowest BCUT2D eigenvalue weighted by atomic mass is 9.89. The fourth-order valence-corrected chi connectivity index (χ4v) is 4.33. The van der Waals surface area contributed by atoms with Crippen molar-refractivity contribution in [3.05, 3.63) is 130 Å². The molecule has 0 bridgehead atoms. The van der Waals surface area contributed by atoms with Crippen molar-refractivity contribution in [2.24, 2.45) is 0 Å². The minimum Gasteiger partial charge on any atom is -0.0622 e. The van der Waals surface area contributed by atoms with E-state index in [0.717, 1.165) is 19.3 Å². The number of fused-ring (bicyclic) bond motifs is 3. The lowest BCUT2D eigenvalue weighted by molar-refractivity contribution is 1.05. The molecule has 0 N–H and O–H groups in total. The van der Waals surface area contributed by atoms with E-state index in [1.165, 1.54) is 44.5 Å². The van der Waals surface area contributed by atoms with Crippen LogP contribution in [0.15, 0.2) is 97.1 Å². The van der Waals surface area contributed by atoms with Gasteiger partial charge in [-0.05, 0) is 63.8 Å². The van der Waals surface area contributed by atoms with Gasteiger partial charge in [-0.25, -0.2) is 0 Å². The fourth-order valence-electron chi connectivity index (χ4n) is 4.33. The molecule has 0 amide bonds. The molecular formula is C27H22. The summed E-state index contributed by atoms with van der Waals surface area (Å²) in [4.78, 5) is 0. The van der Waals surface area contributed by atoms with Crippen molar-refractivity contribution >= 4 is 0 Å². The zero-order valence-corrected chi connectivity index (χ0v) is 15.4. The highest BCUT2D eigenvalue weighted by molar-refractivity contribution is 5.78. The van der Waals surface area contributed by atoms with E-state index in [1.807, 2.05) is 0 Å². The van der Waals surface area contributed by atoms with Crippen molar-refractivity contribution in [1.82, 2.24) is 0 Å². The molecule has 0 saturated heterocycles. The standard InChI is InChI=1S/C27H22/c1-3-9-20(10-4-1)17-23-15-16-25-24-14-8-7-13-22(24)19-27(25)26(23)18-21-11-5-2-6-12-21/h1-16H,17-19H2. The van der Waals surface area contributed by atoms with Gasteiger partial charge in [0, 0.05) is 0 Å². The SMILES string of the molecule is c1ccc(Cc2ccc3c(c2Cc2ccccc2)Cc2ccccc2-3)cc1. The summed E-state index contributed by atoms with van der Waals surface area (Å²) in [5.74, 6) is 0. The summed E-state index contributed by atoms with van der Waals surface area (Å²) in [7, 11) is 0. The van der Waals surface area contributed by atoms with Gasteiger partial charge in [0.15, 0.2) is 0 Å². The van der Waals surface area contributed by atoms with Crippen LogP contribution in [-0.4, -0.2) is 0 Å². The first-order valence-electron chi connectivity index (χ1n) is 9.68. The van der Waals surface area contributed by atoms with Gasteiger partial charge in [-0.3, -0.25) is 0 Å². The number of rotatable bonds is 4. The highest BCUT2D eigenvalue weighted by Gasteiger charge is 2.22. The quantitative estimate of drug-likeness (QED) is 0.351. The number of hydrogen-bond donors (Lipinski definition) is 0. The number of benzene rings is 4. The van der Waals surface area contributed by atoms with Crippen molar-refractivity contribution in [2.75, 3.05) is 0 Å². The Morgan fingerprint density at radius 3 is 1.89 bits per heavy atom. The molecule has 27 heavy (non-hydrogen) atoms. The smallest absolute Gasteiger partial charge is 0.00105 e. The molecule has 0 atom stereocenters. The maximum atomic E-state index is 2.35. The van der Waals surface area contributed by atoms with Crippen LogP contribution in [0.1, 0.15) is 33.4 Å². The largest absolute Gasteiger partial charge is 0.0622 e. The van der Waals surface area contributed by atoms with Crippen LogP contribution in [0.5, 0.6) is 0 Å². The van der Waals surface area contributed by atoms with Gasteiger partial charge in [-0.2, -0.15) is 0 Å². The van der Waals surface area contributed by atoms with Gasteiger partial charge >= 0.3 is 0 Å². The van der Waals surface area contributed by atoms with Gasteiger partial charge in [-0.15, -0.1) is 0 Å². The molecule has 4 aromatic rings. The molecule has 1 aliphatic rings. The van der Waals surface area contributed by atoms with Gasteiger partial charge in [0.2, 0.25) is 0 Å². The topological polar surface area (TPSA) is 0 Å². The first-order chi connectivity index (χ1) is 13.4. The minimum atomic E-state index is 0.993. The van der Waals surface area contributed by atoms with Crippen molar-refractivity contribution in [3.63, 3.8) is 0 Å². The zero-order valence-electron chi connectivity index (χ0n) is 15.4. The van der Waals surface area contributed by atoms with Gasteiger partial charge in [-0.1, -0.05) is 97.1 Å². The van der Waals surface area contributed by atoms with Crippen LogP contribution in [-0.2, 0) is 19.3 Å². The average Bonchev–Trinajstić information content (AvgIpc) is 3.10. The molecule has 0 heteroatoms. The molecule has 0 aromatic heterocycles. The Balaban J connectivity index is 1.62. The van der Waals surface area contributed by atoms with Crippen LogP contribution in [0.25, 0.3) is 11.1 Å². The molecule has 4 aromatic carbocycles. The van der Waals surface area contributed by atoms with E-state index in [-0.39, 0.29) is 0 Å². The Morgan fingerprint density at radius 2 is 1.15 bits per heavy atom. The van der Waals surface area contributed by atoms with E-state index in [4.69, 9.17) is 0 Å². The van der Waals surface area contributed by atoms with E-state index in [0.29, 0.717) is 0 Å². The summed E-state index contributed by atoms with van der Waals surface area (Å²) in [6.07, 6.45) is 3.04. The van der Waals surface area contributed by atoms with Crippen LogP contribution in [0, 0.1) is 0 Å². The predicted octanol–water partition coefficient (Wildman–Crippen LogP) is 6.44. The van der Waals surface area contributed by atoms with Crippen molar-refractivity contribution < 1.29 is 0 Å². The van der Waals surface area contributed by atoms with Crippen molar-refractivity contribution in [1.29, 1.82) is 0 Å². The third kappa shape index (κ3) is 3.08. The molecule has 0 radical (unpaired) electrons. The summed E-state index contributed by atoms with van der Waals surface area (Å²) < 4.78 is 0. The lowest BCUT2D eigenvalue weighted by Crippen LogP contribution is -2.02. The highest BCUT2D eigenvalue weighted by atomic mass is 14.3. The van der Waals surface area contributed by atoms with E-state index in [9.17, 15) is 0 Å². The monoisotopic (exact) mass is 346 g/mol. The van der Waals surface area contributed by atoms with Gasteiger partial charge in [0.1, 0.15) is 0 Å². The van der Waals surface area contributed by atoms with E-state index in [1.54, 1.807) is 0 Å². The second kappa shape index (κ2) is 6.89. The summed E-state index contributed by atoms with van der Waals surface area (Å²) in [6, 6.07) is 35.2. The van der Waals surface area contributed by atoms with Crippen LogP contribution < -0.4 is 0 Å². The van der Waals surface area contributed by atoms with E-state index in [2.05, 4.69) is 97.1 Å². The van der Waals surface area contributed by atoms with E-state index < -0.39 is 0 Å². The van der Waals surface area contributed by atoms with Crippen LogP contribution in [0.3, 0.4) is 0 Å². The second-order valence-corrected chi connectivity index (χ2v) is 7.39. The Bertz CT molecular complexity index is 1080. The first-order valence-corrected chi connectivity index (χ1v) is 9.68. The Hall–Kier alpha value is -3.12. The second-order valence-electron chi connectivity index (χ2n) is 7.39. The maximum absolute atomic E-state index is 2.35. The Labute approximate surface area is 161 Å². The molecule has 0 fully saturated rings. The normalized spacial score (nSPS) is 11.9. The first kappa shape index (κ1) is 16.1. The third-order valence-corrected chi connectivity index (χ3v) is 5.66. The molecule has 0 heterocycles. The summed E-state index contributed by atoms with van der Waals surface area (Å²) >= 11 is 0. The molecule has 0 unspecified atom stereocenters. The van der Waals surface area contributed by atoms with Crippen molar-refractivity contribution in [2.45, 2.75) is 19.3 Å². The molecule has 5 rings (SSSR count). The molecule has 0 nitrogen and oxygen atoms in total. The Morgan fingerprint density at radius 1 is 0.519 bits per heavy atom. The van der Waals surface area contributed by atoms with Gasteiger partial charge in [0.05, 0.1) is 0 Å². The summed E-state index contributed by atoms with van der Waals surface area (Å²) in [5, 5.41) is 0. The third-order valence-electron chi connectivity index (χ3n) is 5.66. The summed E-state index contributed by atoms with van der Waals surface area (Å²) in [5.41, 5.74) is 11.5. The number of hydrogen-bond acceptors (Lipinski definition) is 0. The molecular weight excluding hydrogens is 324 g/mol. The fraction of sp³-hybridized carbons (Fsp3) is 0.111. The zero-order chi connectivity index (χ0) is 18.1. The van der Waals surface area contributed by atoms with Crippen LogP contribution in [0.4, 0.5) is 0 Å². The average molecular weight is 346 g/mol. The molecule has 130 valence electrons. The van der Waals surface area contributed by atoms with E-state index >= 15 is 0 Å². The van der Waals surface area contributed by atoms with Gasteiger partial charge in [0.25, 0.3) is 0 Å².